The van der Waals surface area contributed by atoms with E-state index in [9.17, 15) is 4.79 Å². The summed E-state index contributed by atoms with van der Waals surface area (Å²) in [6.07, 6.45) is 1.01. The Kier molecular flexibility index (Phi) is 3.84. The van der Waals surface area contributed by atoms with Gasteiger partial charge in [0.1, 0.15) is 6.54 Å². The van der Waals surface area contributed by atoms with Gasteiger partial charge in [0.15, 0.2) is 0 Å². The fourth-order valence-corrected chi connectivity index (χ4v) is 2.99. The highest BCUT2D eigenvalue weighted by atomic mass is 35.5. The number of anilines is 1. The van der Waals surface area contributed by atoms with Crippen molar-refractivity contribution in [2.75, 3.05) is 18.0 Å². The first-order valence-electron chi connectivity index (χ1n) is 6.93. The normalized spacial score (nSPS) is 16.0. The molecule has 0 bridgehead atoms. The van der Waals surface area contributed by atoms with Crippen molar-refractivity contribution in [3.05, 3.63) is 64.7 Å². The van der Waals surface area contributed by atoms with E-state index in [1.807, 2.05) is 29.2 Å². The Morgan fingerprint density at radius 2 is 1.90 bits per heavy atom. The fourth-order valence-electron chi connectivity index (χ4n) is 2.87. The Balaban J connectivity index is 1.78. The summed E-state index contributed by atoms with van der Waals surface area (Å²) in [7, 11) is 0. The van der Waals surface area contributed by atoms with Gasteiger partial charge in [-0.25, -0.2) is 0 Å². The minimum atomic E-state index is -0.822. The van der Waals surface area contributed by atoms with Crippen molar-refractivity contribution in [3.63, 3.8) is 0 Å². The number of nitrogens with zero attached hydrogens (tertiary/aromatic N) is 1. The quantitative estimate of drug-likeness (QED) is 0.918. The van der Waals surface area contributed by atoms with E-state index in [-0.39, 0.29) is 6.54 Å². The first-order valence-corrected chi connectivity index (χ1v) is 7.31. The largest absolute Gasteiger partial charge is 0.480 e. The first kappa shape index (κ1) is 14.0. The molecular weight excluding hydrogens is 286 g/mol. The molecule has 0 radical (unpaired) electrons. The van der Waals surface area contributed by atoms with E-state index >= 15 is 0 Å². The van der Waals surface area contributed by atoms with Gasteiger partial charge in [-0.3, -0.25) is 4.79 Å². The van der Waals surface area contributed by atoms with Crippen molar-refractivity contribution >= 4 is 23.3 Å². The molecule has 1 atom stereocenters. The fraction of sp³-hybridized carbons (Fsp3) is 0.235. The van der Waals surface area contributed by atoms with Crippen molar-refractivity contribution in [1.82, 2.24) is 0 Å². The van der Waals surface area contributed by atoms with Crippen LogP contribution in [0, 0.1) is 0 Å². The van der Waals surface area contributed by atoms with Gasteiger partial charge in [0, 0.05) is 23.2 Å². The van der Waals surface area contributed by atoms with Crippen molar-refractivity contribution in [2.24, 2.45) is 0 Å². The number of hydrogen-bond acceptors (Lipinski definition) is 2. The number of carboxylic acids is 1. The Bertz CT molecular complexity index is 654. The van der Waals surface area contributed by atoms with Crippen molar-refractivity contribution in [1.29, 1.82) is 0 Å². The maximum absolute atomic E-state index is 11.1. The molecule has 2 aromatic rings. The first-order chi connectivity index (χ1) is 10.1. The predicted octanol–water partition coefficient (Wildman–Crippen LogP) is 3.57. The van der Waals surface area contributed by atoms with E-state index in [0.717, 1.165) is 12.1 Å². The monoisotopic (exact) mass is 301 g/mol. The second-order valence-electron chi connectivity index (χ2n) is 5.35. The van der Waals surface area contributed by atoms with Crippen molar-refractivity contribution < 1.29 is 9.90 Å². The van der Waals surface area contributed by atoms with E-state index in [2.05, 4.69) is 12.1 Å². The summed E-state index contributed by atoms with van der Waals surface area (Å²) in [5.74, 6) is -0.422. The van der Waals surface area contributed by atoms with Crippen LogP contribution >= 0.6 is 11.6 Å². The van der Waals surface area contributed by atoms with E-state index in [1.54, 1.807) is 12.1 Å². The molecule has 2 aromatic carbocycles. The molecule has 1 aliphatic rings. The maximum Gasteiger partial charge on any atom is 0.323 e. The zero-order chi connectivity index (χ0) is 14.8. The van der Waals surface area contributed by atoms with Crippen LogP contribution in [0.5, 0.6) is 0 Å². The average Bonchev–Trinajstić information content (AvgIpc) is 2.44. The van der Waals surface area contributed by atoms with Gasteiger partial charge in [-0.15, -0.1) is 0 Å². The maximum atomic E-state index is 11.1. The summed E-state index contributed by atoms with van der Waals surface area (Å²) in [6.45, 7) is 0.714. The zero-order valence-electron chi connectivity index (χ0n) is 11.5. The minimum Gasteiger partial charge on any atom is -0.480 e. The van der Waals surface area contributed by atoms with Gasteiger partial charge >= 0.3 is 5.97 Å². The second kappa shape index (κ2) is 5.78. The number of hydrogen-bond donors (Lipinski definition) is 1. The van der Waals surface area contributed by atoms with Crippen LogP contribution in [-0.2, 0) is 11.2 Å². The molecule has 0 saturated carbocycles. The zero-order valence-corrected chi connectivity index (χ0v) is 12.3. The summed E-state index contributed by atoms with van der Waals surface area (Å²) in [4.78, 5) is 13.0. The van der Waals surface area contributed by atoms with Gasteiger partial charge in [-0.1, -0.05) is 35.9 Å². The van der Waals surface area contributed by atoms with E-state index < -0.39 is 5.97 Å². The molecule has 0 amide bonds. The number of carbonyl (C=O) groups is 1. The Morgan fingerprint density at radius 3 is 2.57 bits per heavy atom. The van der Waals surface area contributed by atoms with E-state index in [4.69, 9.17) is 16.7 Å². The van der Waals surface area contributed by atoms with Gasteiger partial charge in [0.2, 0.25) is 0 Å². The van der Waals surface area contributed by atoms with Crippen LogP contribution in [0.25, 0.3) is 0 Å². The number of benzene rings is 2. The molecule has 4 heteroatoms. The molecule has 0 spiro atoms. The Labute approximate surface area is 128 Å². The van der Waals surface area contributed by atoms with Crippen LogP contribution in [0.4, 0.5) is 5.69 Å². The van der Waals surface area contributed by atoms with Crippen LogP contribution in [0.15, 0.2) is 48.5 Å². The topological polar surface area (TPSA) is 40.5 Å². The molecule has 0 heterocycles. The summed E-state index contributed by atoms with van der Waals surface area (Å²) in [5, 5.41) is 9.79. The Hall–Kier alpha value is -2.00. The second-order valence-corrected chi connectivity index (χ2v) is 5.79. The van der Waals surface area contributed by atoms with Gasteiger partial charge in [0.25, 0.3) is 0 Å². The molecule has 108 valence electrons. The molecular formula is C17H16ClNO2. The Morgan fingerprint density at radius 1 is 1.19 bits per heavy atom. The van der Waals surface area contributed by atoms with Crippen molar-refractivity contribution in [2.45, 2.75) is 12.3 Å². The molecule has 1 aliphatic carbocycles. The molecule has 1 N–H and O–H groups in total. The summed E-state index contributed by atoms with van der Waals surface area (Å²) in [5.41, 5.74) is 3.60. The van der Waals surface area contributed by atoms with Crippen LogP contribution in [0.3, 0.4) is 0 Å². The average molecular weight is 302 g/mol. The molecule has 3 nitrogen and oxygen atoms in total. The summed E-state index contributed by atoms with van der Waals surface area (Å²) in [6, 6.07) is 15.7. The number of rotatable bonds is 5. The molecule has 21 heavy (non-hydrogen) atoms. The molecule has 0 aromatic heterocycles. The van der Waals surface area contributed by atoms with Crippen LogP contribution in [0.1, 0.15) is 17.0 Å². The third-order valence-electron chi connectivity index (χ3n) is 3.92. The van der Waals surface area contributed by atoms with E-state index in [1.165, 1.54) is 11.1 Å². The molecule has 0 saturated heterocycles. The summed E-state index contributed by atoms with van der Waals surface area (Å²) < 4.78 is 0. The SMILES string of the molecule is O=C(O)CN(CC1Cc2ccccc21)c1ccc(Cl)cc1. The minimum absolute atomic E-state index is 0.000297. The summed E-state index contributed by atoms with van der Waals surface area (Å²) >= 11 is 5.90. The van der Waals surface area contributed by atoms with Crippen molar-refractivity contribution in [3.8, 4) is 0 Å². The van der Waals surface area contributed by atoms with Crippen LogP contribution in [-0.4, -0.2) is 24.2 Å². The van der Waals surface area contributed by atoms with Gasteiger partial charge in [-0.2, -0.15) is 0 Å². The number of aliphatic carboxylic acids is 1. The predicted molar refractivity (Wildman–Crippen MR) is 84.2 cm³/mol. The van der Waals surface area contributed by atoms with Gasteiger partial charge in [0.05, 0.1) is 0 Å². The van der Waals surface area contributed by atoms with E-state index in [0.29, 0.717) is 17.5 Å². The molecule has 0 fully saturated rings. The lowest BCUT2D eigenvalue weighted by atomic mass is 9.77. The molecule has 3 rings (SSSR count). The number of halogens is 1. The van der Waals surface area contributed by atoms with Crippen LogP contribution < -0.4 is 4.90 Å². The highest BCUT2D eigenvalue weighted by molar-refractivity contribution is 6.30. The third kappa shape index (κ3) is 3.03. The lowest BCUT2D eigenvalue weighted by Crippen LogP contribution is -2.36. The third-order valence-corrected chi connectivity index (χ3v) is 4.17. The number of fused-ring (bicyclic) bond motifs is 1. The lowest BCUT2D eigenvalue weighted by Gasteiger charge is -2.35. The number of carboxylic acid groups (broad SMARTS) is 1. The van der Waals surface area contributed by atoms with Gasteiger partial charge in [-0.05, 0) is 41.8 Å². The highest BCUT2D eigenvalue weighted by Gasteiger charge is 2.28. The van der Waals surface area contributed by atoms with Gasteiger partial charge < -0.3 is 10.0 Å². The lowest BCUT2D eigenvalue weighted by molar-refractivity contribution is -0.135. The highest BCUT2D eigenvalue weighted by Crippen LogP contribution is 2.36. The smallest absolute Gasteiger partial charge is 0.323 e. The molecule has 1 unspecified atom stereocenters. The molecule has 0 aliphatic heterocycles. The standard InChI is InChI=1S/C17H16ClNO2/c18-14-5-7-15(8-6-14)19(11-17(20)21)10-13-9-12-3-1-2-4-16(12)13/h1-8,13H,9-11H2,(H,20,21). The van der Waals surface area contributed by atoms with Crippen LogP contribution in [0.2, 0.25) is 5.02 Å².